The van der Waals surface area contributed by atoms with Gasteiger partial charge in [-0.3, -0.25) is 4.90 Å². The van der Waals surface area contributed by atoms with Crippen molar-refractivity contribution in [2.75, 3.05) is 23.7 Å². The highest BCUT2D eigenvalue weighted by molar-refractivity contribution is 5.35. The topological polar surface area (TPSA) is 71.2 Å². The number of hydrogen-bond acceptors (Lipinski definition) is 6. The third-order valence-electron chi connectivity index (χ3n) is 5.03. The van der Waals surface area contributed by atoms with Crippen molar-refractivity contribution in [1.29, 1.82) is 0 Å². The Kier molecular flexibility index (Phi) is 4.76. The lowest BCUT2D eigenvalue weighted by atomic mass is 9.97. The number of rotatable bonds is 3. The molecule has 22 heavy (non-hydrogen) atoms. The van der Waals surface area contributed by atoms with Gasteiger partial charge in [-0.1, -0.05) is 6.42 Å². The zero-order chi connectivity index (χ0) is 15.5. The summed E-state index contributed by atoms with van der Waals surface area (Å²) in [5.74, 6) is 1.93. The minimum atomic E-state index is 0.350. The van der Waals surface area contributed by atoms with Gasteiger partial charge in [-0.15, -0.1) is 0 Å². The van der Waals surface area contributed by atoms with Crippen LogP contribution < -0.4 is 10.6 Å². The van der Waals surface area contributed by atoms with E-state index < -0.39 is 0 Å². The number of likely N-dealkylation sites (tertiary alicyclic amines) is 1. The van der Waals surface area contributed by atoms with Crippen LogP contribution in [-0.2, 0) is 6.54 Å². The Hall–Kier alpha value is -1.43. The summed E-state index contributed by atoms with van der Waals surface area (Å²) in [6, 6.07) is 1.17. The third kappa shape index (κ3) is 3.48. The van der Waals surface area contributed by atoms with Gasteiger partial charge < -0.3 is 10.6 Å². The largest absolute Gasteiger partial charge is 0.368 e. The quantitative estimate of drug-likeness (QED) is 0.923. The van der Waals surface area contributed by atoms with Gasteiger partial charge in [0, 0.05) is 25.2 Å². The van der Waals surface area contributed by atoms with E-state index in [0.29, 0.717) is 18.0 Å². The van der Waals surface area contributed by atoms with Gasteiger partial charge in [0.1, 0.15) is 5.82 Å². The molecule has 2 aliphatic rings. The number of nitrogens with zero attached hydrogens (tertiary/aromatic N) is 5. The Morgan fingerprint density at radius 2 is 1.64 bits per heavy atom. The van der Waals surface area contributed by atoms with E-state index in [0.717, 1.165) is 31.4 Å². The maximum atomic E-state index is 5.93. The summed E-state index contributed by atoms with van der Waals surface area (Å²) in [6.45, 7) is 7.42. The molecule has 2 saturated heterocycles. The molecule has 1 aromatic rings. The lowest BCUT2D eigenvalue weighted by molar-refractivity contribution is 0.0922. The Balaban J connectivity index is 1.76. The van der Waals surface area contributed by atoms with Crippen LogP contribution in [0.4, 0.5) is 11.9 Å². The van der Waals surface area contributed by atoms with Gasteiger partial charge in [0.25, 0.3) is 0 Å². The highest BCUT2D eigenvalue weighted by Crippen LogP contribution is 2.24. The molecule has 0 amide bonds. The molecule has 3 rings (SSSR count). The fourth-order valence-electron chi connectivity index (χ4n) is 3.68. The van der Waals surface area contributed by atoms with E-state index in [4.69, 9.17) is 10.7 Å². The second-order valence-corrected chi connectivity index (χ2v) is 6.76. The lowest BCUT2D eigenvalue weighted by Gasteiger charge is -2.38. The van der Waals surface area contributed by atoms with Crippen LogP contribution in [0.3, 0.4) is 0 Å². The van der Waals surface area contributed by atoms with Gasteiger partial charge in [-0.25, -0.2) is 0 Å². The Labute approximate surface area is 133 Å². The van der Waals surface area contributed by atoms with E-state index in [2.05, 4.69) is 33.6 Å². The van der Waals surface area contributed by atoms with E-state index >= 15 is 0 Å². The molecule has 6 heteroatoms. The van der Waals surface area contributed by atoms with Crippen LogP contribution in [0.1, 0.15) is 58.2 Å². The molecule has 3 heterocycles. The molecular weight excluding hydrogens is 276 g/mol. The van der Waals surface area contributed by atoms with Crippen molar-refractivity contribution < 1.29 is 0 Å². The summed E-state index contributed by atoms with van der Waals surface area (Å²) in [6.07, 6.45) is 7.54. The van der Waals surface area contributed by atoms with Crippen molar-refractivity contribution in [2.45, 2.75) is 71.0 Å². The second kappa shape index (κ2) is 6.77. The van der Waals surface area contributed by atoms with Gasteiger partial charge in [0.15, 0.2) is 0 Å². The standard InChI is InChI=1S/C16H28N6/c1-12-7-6-8-13(2)22(12)11-14-18-15(17)20-16(19-14)21-9-4-3-5-10-21/h12-13H,3-11H2,1-2H3,(H2,17,18,19,20). The second-order valence-electron chi connectivity index (χ2n) is 6.76. The highest BCUT2D eigenvalue weighted by Gasteiger charge is 2.26. The van der Waals surface area contributed by atoms with Crippen LogP contribution in [0.25, 0.3) is 0 Å². The van der Waals surface area contributed by atoms with Crippen molar-refractivity contribution in [2.24, 2.45) is 0 Å². The number of nitrogens with two attached hydrogens (primary N) is 1. The van der Waals surface area contributed by atoms with E-state index in [1.54, 1.807) is 0 Å². The van der Waals surface area contributed by atoms with Crippen molar-refractivity contribution in [3.8, 4) is 0 Å². The number of anilines is 2. The molecule has 0 aromatic carbocycles. The van der Waals surface area contributed by atoms with Gasteiger partial charge in [0.05, 0.1) is 6.54 Å². The SMILES string of the molecule is CC1CCCC(C)N1Cc1nc(N)nc(N2CCCCC2)n1. The number of nitrogen functional groups attached to an aromatic ring is 1. The van der Waals surface area contributed by atoms with Crippen LogP contribution >= 0.6 is 0 Å². The predicted octanol–water partition coefficient (Wildman–Crippen LogP) is 2.21. The predicted molar refractivity (Wildman–Crippen MR) is 88.6 cm³/mol. The van der Waals surface area contributed by atoms with Crippen molar-refractivity contribution in [1.82, 2.24) is 19.9 Å². The summed E-state index contributed by atoms with van der Waals surface area (Å²) < 4.78 is 0. The summed E-state index contributed by atoms with van der Waals surface area (Å²) in [5.41, 5.74) is 5.93. The number of piperidine rings is 2. The molecule has 122 valence electrons. The maximum absolute atomic E-state index is 5.93. The molecule has 2 N–H and O–H groups in total. The van der Waals surface area contributed by atoms with E-state index in [-0.39, 0.29) is 0 Å². The number of hydrogen-bond donors (Lipinski definition) is 1. The molecule has 2 atom stereocenters. The van der Waals surface area contributed by atoms with Gasteiger partial charge in [0.2, 0.25) is 11.9 Å². The molecule has 2 unspecified atom stereocenters. The van der Waals surface area contributed by atoms with Crippen LogP contribution in [-0.4, -0.2) is 45.0 Å². The first-order valence-corrected chi connectivity index (χ1v) is 8.64. The number of aromatic nitrogens is 3. The molecule has 2 aliphatic heterocycles. The molecule has 1 aromatic heterocycles. The molecule has 0 bridgehead atoms. The maximum Gasteiger partial charge on any atom is 0.230 e. The zero-order valence-corrected chi connectivity index (χ0v) is 13.8. The van der Waals surface area contributed by atoms with Gasteiger partial charge >= 0.3 is 0 Å². The fraction of sp³-hybridized carbons (Fsp3) is 0.812. The summed E-state index contributed by atoms with van der Waals surface area (Å²) in [5, 5.41) is 0. The normalized spacial score (nSPS) is 27.1. The highest BCUT2D eigenvalue weighted by atomic mass is 15.3. The molecule has 2 fully saturated rings. The first kappa shape index (κ1) is 15.5. The molecule has 0 spiro atoms. The monoisotopic (exact) mass is 304 g/mol. The van der Waals surface area contributed by atoms with Crippen molar-refractivity contribution >= 4 is 11.9 Å². The average Bonchev–Trinajstić information content (AvgIpc) is 2.51. The van der Waals surface area contributed by atoms with E-state index in [1.807, 2.05) is 0 Å². The van der Waals surface area contributed by atoms with Gasteiger partial charge in [-0.05, 0) is 46.0 Å². The summed E-state index contributed by atoms with van der Waals surface area (Å²) in [4.78, 5) is 18.2. The molecular formula is C16H28N6. The molecule has 6 nitrogen and oxygen atoms in total. The fourth-order valence-corrected chi connectivity index (χ4v) is 3.68. The van der Waals surface area contributed by atoms with Crippen LogP contribution in [0.15, 0.2) is 0 Å². The average molecular weight is 304 g/mol. The van der Waals surface area contributed by atoms with Crippen LogP contribution in [0.2, 0.25) is 0 Å². The Bertz CT molecular complexity index is 489. The van der Waals surface area contributed by atoms with Crippen LogP contribution in [0.5, 0.6) is 0 Å². The molecule has 0 saturated carbocycles. The summed E-state index contributed by atoms with van der Waals surface area (Å²) >= 11 is 0. The van der Waals surface area contributed by atoms with Crippen molar-refractivity contribution in [3.05, 3.63) is 5.82 Å². The molecule has 0 radical (unpaired) electrons. The van der Waals surface area contributed by atoms with Crippen LogP contribution in [0, 0.1) is 0 Å². The Morgan fingerprint density at radius 1 is 0.955 bits per heavy atom. The third-order valence-corrected chi connectivity index (χ3v) is 5.03. The minimum absolute atomic E-state index is 0.350. The summed E-state index contributed by atoms with van der Waals surface area (Å²) in [7, 11) is 0. The minimum Gasteiger partial charge on any atom is -0.368 e. The smallest absolute Gasteiger partial charge is 0.230 e. The zero-order valence-electron chi connectivity index (χ0n) is 13.8. The van der Waals surface area contributed by atoms with Crippen molar-refractivity contribution in [3.63, 3.8) is 0 Å². The Morgan fingerprint density at radius 3 is 2.32 bits per heavy atom. The first-order valence-electron chi connectivity index (χ1n) is 8.64. The first-order chi connectivity index (χ1) is 10.6. The van der Waals surface area contributed by atoms with E-state index in [9.17, 15) is 0 Å². The lowest BCUT2D eigenvalue weighted by Crippen LogP contribution is -2.43. The van der Waals surface area contributed by atoms with Gasteiger partial charge in [-0.2, -0.15) is 15.0 Å². The van der Waals surface area contributed by atoms with E-state index in [1.165, 1.54) is 38.5 Å². The molecule has 0 aliphatic carbocycles.